The summed E-state index contributed by atoms with van der Waals surface area (Å²) >= 11 is 7.27. The summed E-state index contributed by atoms with van der Waals surface area (Å²) in [6, 6.07) is 6.81. The van der Waals surface area contributed by atoms with Crippen LogP contribution in [0.25, 0.3) is 0 Å². The number of aryl methyl sites for hydroxylation is 1. The SMILES string of the molecule is COc1cccc(NC(=O)c2cc(Cl)c(C)s2)n1. The second kappa shape index (κ2) is 5.37. The zero-order chi connectivity index (χ0) is 13.1. The third kappa shape index (κ3) is 2.80. The molecule has 0 saturated heterocycles. The molecule has 0 unspecified atom stereocenters. The normalized spacial score (nSPS) is 10.2. The third-order valence-electron chi connectivity index (χ3n) is 2.26. The molecule has 0 aliphatic rings. The maximum absolute atomic E-state index is 11.9. The van der Waals surface area contributed by atoms with Gasteiger partial charge in [-0.1, -0.05) is 17.7 Å². The van der Waals surface area contributed by atoms with Crippen LogP contribution >= 0.6 is 22.9 Å². The van der Waals surface area contributed by atoms with E-state index >= 15 is 0 Å². The van der Waals surface area contributed by atoms with Crippen LogP contribution in [0.2, 0.25) is 5.02 Å². The van der Waals surface area contributed by atoms with Crippen molar-refractivity contribution in [2.45, 2.75) is 6.92 Å². The minimum atomic E-state index is -0.226. The van der Waals surface area contributed by atoms with Crippen molar-refractivity contribution >= 4 is 34.7 Å². The number of halogens is 1. The molecule has 0 atom stereocenters. The molecule has 1 N–H and O–H groups in total. The number of aromatic nitrogens is 1. The summed E-state index contributed by atoms with van der Waals surface area (Å²) in [4.78, 5) is 17.5. The molecule has 2 rings (SSSR count). The van der Waals surface area contributed by atoms with E-state index in [4.69, 9.17) is 16.3 Å². The van der Waals surface area contributed by atoms with Gasteiger partial charge in [0.25, 0.3) is 5.91 Å². The molecule has 0 aromatic carbocycles. The lowest BCUT2D eigenvalue weighted by Gasteiger charge is -2.04. The highest BCUT2D eigenvalue weighted by molar-refractivity contribution is 7.14. The highest BCUT2D eigenvalue weighted by Gasteiger charge is 2.12. The lowest BCUT2D eigenvalue weighted by molar-refractivity contribution is 0.103. The fourth-order valence-electron chi connectivity index (χ4n) is 1.35. The van der Waals surface area contributed by atoms with Crippen molar-refractivity contribution in [1.29, 1.82) is 0 Å². The van der Waals surface area contributed by atoms with Crippen molar-refractivity contribution in [1.82, 2.24) is 4.98 Å². The van der Waals surface area contributed by atoms with Crippen molar-refractivity contribution in [3.63, 3.8) is 0 Å². The first-order chi connectivity index (χ1) is 8.60. The van der Waals surface area contributed by atoms with Gasteiger partial charge < -0.3 is 10.1 Å². The van der Waals surface area contributed by atoms with Crippen molar-refractivity contribution in [3.05, 3.63) is 39.0 Å². The van der Waals surface area contributed by atoms with Crippen molar-refractivity contribution in [3.8, 4) is 5.88 Å². The Morgan fingerprint density at radius 2 is 2.28 bits per heavy atom. The molecule has 0 radical (unpaired) electrons. The lowest BCUT2D eigenvalue weighted by atomic mass is 10.4. The van der Waals surface area contributed by atoms with Crippen LogP contribution in [0.1, 0.15) is 14.5 Å². The molecule has 0 aliphatic heterocycles. The number of carbonyl (C=O) groups excluding carboxylic acids is 1. The topological polar surface area (TPSA) is 51.2 Å². The average molecular weight is 283 g/mol. The molecule has 18 heavy (non-hydrogen) atoms. The number of ether oxygens (including phenoxy) is 1. The monoisotopic (exact) mass is 282 g/mol. The zero-order valence-corrected chi connectivity index (χ0v) is 11.4. The van der Waals surface area contributed by atoms with Gasteiger partial charge in [0.2, 0.25) is 5.88 Å². The molecule has 1 amide bonds. The predicted molar refractivity (Wildman–Crippen MR) is 72.8 cm³/mol. The van der Waals surface area contributed by atoms with Gasteiger partial charge in [0.1, 0.15) is 5.82 Å². The van der Waals surface area contributed by atoms with Gasteiger partial charge in [-0.15, -0.1) is 11.3 Å². The van der Waals surface area contributed by atoms with Crippen LogP contribution in [-0.4, -0.2) is 18.0 Å². The van der Waals surface area contributed by atoms with E-state index in [9.17, 15) is 4.79 Å². The summed E-state index contributed by atoms with van der Waals surface area (Å²) in [7, 11) is 1.52. The molecular weight excluding hydrogens is 272 g/mol. The molecular formula is C12H11ClN2O2S. The summed E-state index contributed by atoms with van der Waals surface area (Å²) in [6.07, 6.45) is 0. The van der Waals surface area contributed by atoms with Gasteiger partial charge in [-0.25, -0.2) is 0 Å². The van der Waals surface area contributed by atoms with Crippen LogP contribution in [0.3, 0.4) is 0 Å². The Bertz CT molecular complexity index is 564. The Hall–Kier alpha value is -1.59. The van der Waals surface area contributed by atoms with Gasteiger partial charge in [0, 0.05) is 10.9 Å². The van der Waals surface area contributed by atoms with Crippen LogP contribution in [-0.2, 0) is 0 Å². The summed E-state index contributed by atoms with van der Waals surface area (Å²) < 4.78 is 4.98. The van der Waals surface area contributed by atoms with E-state index in [1.54, 1.807) is 24.3 Å². The first-order valence-electron chi connectivity index (χ1n) is 5.18. The summed E-state index contributed by atoms with van der Waals surface area (Å²) in [5, 5.41) is 3.30. The number of carbonyl (C=O) groups is 1. The Morgan fingerprint density at radius 3 is 2.89 bits per heavy atom. The van der Waals surface area contributed by atoms with E-state index in [1.165, 1.54) is 18.4 Å². The van der Waals surface area contributed by atoms with Gasteiger partial charge in [0.05, 0.1) is 17.0 Å². The highest BCUT2D eigenvalue weighted by Crippen LogP contribution is 2.26. The van der Waals surface area contributed by atoms with Gasteiger partial charge in [-0.05, 0) is 19.1 Å². The number of amides is 1. The van der Waals surface area contributed by atoms with E-state index in [0.717, 1.165) is 4.88 Å². The van der Waals surface area contributed by atoms with Crippen molar-refractivity contribution < 1.29 is 9.53 Å². The molecule has 0 spiro atoms. The quantitative estimate of drug-likeness (QED) is 0.939. The highest BCUT2D eigenvalue weighted by atomic mass is 35.5. The third-order valence-corrected chi connectivity index (χ3v) is 3.81. The summed E-state index contributed by atoms with van der Waals surface area (Å²) in [5.41, 5.74) is 0. The second-order valence-corrected chi connectivity index (χ2v) is 5.20. The van der Waals surface area contributed by atoms with Gasteiger partial charge in [0.15, 0.2) is 0 Å². The standard InChI is InChI=1S/C12H11ClN2O2S/c1-7-8(13)6-9(18-7)12(16)15-10-4-3-5-11(14-10)17-2/h3-6H,1-2H3,(H,14,15,16). The molecule has 0 aliphatic carbocycles. The first kappa shape index (κ1) is 12.9. The van der Waals surface area contributed by atoms with E-state index in [-0.39, 0.29) is 5.91 Å². The van der Waals surface area contributed by atoms with E-state index in [2.05, 4.69) is 10.3 Å². The molecule has 2 aromatic rings. The van der Waals surface area contributed by atoms with Gasteiger partial charge >= 0.3 is 0 Å². The molecule has 94 valence electrons. The first-order valence-corrected chi connectivity index (χ1v) is 6.38. The van der Waals surface area contributed by atoms with Crippen LogP contribution in [0.15, 0.2) is 24.3 Å². The van der Waals surface area contributed by atoms with E-state index in [1.807, 2.05) is 6.92 Å². The Morgan fingerprint density at radius 1 is 1.50 bits per heavy atom. The minimum Gasteiger partial charge on any atom is -0.481 e. The average Bonchev–Trinajstić information content (AvgIpc) is 2.70. The van der Waals surface area contributed by atoms with Crippen LogP contribution < -0.4 is 10.1 Å². The fourth-order valence-corrected chi connectivity index (χ4v) is 2.44. The van der Waals surface area contributed by atoms with E-state index < -0.39 is 0 Å². The predicted octanol–water partition coefficient (Wildman–Crippen LogP) is 3.37. The van der Waals surface area contributed by atoms with Crippen molar-refractivity contribution in [2.75, 3.05) is 12.4 Å². The largest absolute Gasteiger partial charge is 0.481 e. The molecule has 6 heteroatoms. The van der Waals surface area contributed by atoms with Crippen LogP contribution in [0, 0.1) is 6.92 Å². The Balaban J connectivity index is 2.15. The minimum absolute atomic E-state index is 0.226. The number of methoxy groups -OCH3 is 1. The molecule has 0 fully saturated rings. The van der Waals surface area contributed by atoms with Gasteiger partial charge in [-0.2, -0.15) is 4.98 Å². The maximum Gasteiger partial charge on any atom is 0.266 e. The number of nitrogens with zero attached hydrogens (tertiary/aromatic N) is 1. The summed E-state index contributed by atoms with van der Waals surface area (Å²) in [5.74, 6) is 0.672. The van der Waals surface area contributed by atoms with Crippen LogP contribution in [0.4, 0.5) is 5.82 Å². The Kier molecular flexibility index (Phi) is 3.84. The molecule has 4 nitrogen and oxygen atoms in total. The summed E-state index contributed by atoms with van der Waals surface area (Å²) in [6.45, 7) is 1.87. The maximum atomic E-state index is 11.9. The van der Waals surface area contributed by atoms with Gasteiger partial charge in [-0.3, -0.25) is 4.79 Å². The van der Waals surface area contributed by atoms with E-state index in [0.29, 0.717) is 21.6 Å². The second-order valence-electron chi connectivity index (χ2n) is 3.53. The molecule has 2 heterocycles. The number of hydrogen-bond donors (Lipinski definition) is 1. The number of rotatable bonds is 3. The number of hydrogen-bond acceptors (Lipinski definition) is 4. The van der Waals surface area contributed by atoms with Crippen molar-refractivity contribution in [2.24, 2.45) is 0 Å². The smallest absolute Gasteiger partial charge is 0.266 e. The lowest BCUT2D eigenvalue weighted by Crippen LogP contribution is -2.11. The van der Waals surface area contributed by atoms with Crippen LogP contribution in [0.5, 0.6) is 5.88 Å². The molecule has 2 aromatic heterocycles. The number of thiophene rings is 1. The number of nitrogens with one attached hydrogen (secondary N) is 1. The molecule has 0 saturated carbocycles. The fraction of sp³-hybridized carbons (Fsp3) is 0.167. The molecule has 0 bridgehead atoms. The number of pyridine rings is 1. The Labute approximate surface area is 114 Å². The zero-order valence-electron chi connectivity index (χ0n) is 9.86. The number of anilines is 1.